The van der Waals surface area contributed by atoms with Crippen LogP contribution >= 0.6 is 0 Å². The average molecular weight is 502 g/mol. The number of nitrogens with one attached hydrogen (secondary N) is 1. The number of hydrogen-bond acceptors (Lipinski definition) is 5. The Morgan fingerprint density at radius 1 is 1.00 bits per heavy atom. The molecule has 2 heterocycles. The highest BCUT2D eigenvalue weighted by Crippen LogP contribution is 2.33. The summed E-state index contributed by atoms with van der Waals surface area (Å²) in [5, 5.41) is 15.2. The van der Waals surface area contributed by atoms with E-state index in [1.807, 2.05) is 0 Å². The fourth-order valence-corrected chi connectivity index (χ4v) is 3.21. The minimum atomic E-state index is -4.83. The molecule has 0 aliphatic heterocycles. The number of rotatable bonds is 6. The van der Waals surface area contributed by atoms with Gasteiger partial charge < -0.3 is 15.2 Å². The lowest BCUT2D eigenvalue weighted by atomic mass is 10.1. The Labute approximate surface area is 201 Å². The minimum Gasteiger partial charge on any atom is -0.480 e. The van der Waals surface area contributed by atoms with Crippen LogP contribution in [0.25, 0.3) is 16.9 Å². The summed E-state index contributed by atoms with van der Waals surface area (Å²) < 4.78 is 60.6. The van der Waals surface area contributed by atoms with Crippen LogP contribution in [-0.2, 0) is 11.0 Å². The molecule has 0 aliphatic rings. The molecule has 2 N–H and O–H groups in total. The zero-order valence-electron chi connectivity index (χ0n) is 18.8. The number of halogens is 4. The first kappa shape index (κ1) is 24.6. The zero-order valence-corrected chi connectivity index (χ0v) is 18.8. The monoisotopic (exact) mass is 502 g/mol. The quantitative estimate of drug-likeness (QED) is 0.362. The SMILES string of the molecule is CC(C)(NC(=O)c1cnn2c(C(F)(F)F)cc(-c3ccc(Oc4ccc(F)cc4)cc3)nc12)C(=O)O. The Hall–Kier alpha value is -4.48. The molecule has 12 heteroatoms. The topological polar surface area (TPSA) is 106 Å². The van der Waals surface area contributed by atoms with E-state index in [0.717, 1.165) is 12.3 Å². The fraction of sp³-hybridized carbons (Fsp3) is 0.167. The second-order valence-electron chi connectivity index (χ2n) is 8.28. The largest absolute Gasteiger partial charge is 0.480 e. The number of aliphatic carboxylic acids is 1. The van der Waals surface area contributed by atoms with Crippen LogP contribution in [-0.4, -0.2) is 37.1 Å². The van der Waals surface area contributed by atoms with Gasteiger partial charge in [0, 0.05) is 5.56 Å². The minimum absolute atomic E-state index is 0.102. The summed E-state index contributed by atoms with van der Waals surface area (Å²) in [6, 6.07) is 12.0. The lowest BCUT2D eigenvalue weighted by molar-refractivity contribution is -0.143. The van der Waals surface area contributed by atoms with E-state index in [0.29, 0.717) is 16.0 Å². The van der Waals surface area contributed by atoms with Crippen LogP contribution in [0.15, 0.2) is 60.8 Å². The van der Waals surface area contributed by atoms with Crippen molar-refractivity contribution in [2.24, 2.45) is 0 Å². The number of alkyl halides is 3. The first-order valence-corrected chi connectivity index (χ1v) is 10.4. The van der Waals surface area contributed by atoms with E-state index in [1.54, 1.807) is 0 Å². The second kappa shape index (κ2) is 8.95. The van der Waals surface area contributed by atoms with Gasteiger partial charge in [-0.2, -0.15) is 18.3 Å². The van der Waals surface area contributed by atoms with E-state index in [-0.39, 0.29) is 16.8 Å². The molecule has 36 heavy (non-hydrogen) atoms. The Kier molecular flexibility index (Phi) is 6.12. The smallest absolute Gasteiger partial charge is 0.433 e. The summed E-state index contributed by atoms with van der Waals surface area (Å²) >= 11 is 0. The van der Waals surface area contributed by atoms with Gasteiger partial charge in [0.05, 0.1) is 11.9 Å². The van der Waals surface area contributed by atoms with E-state index >= 15 is 0 Å². The van der Waals surface area contributed by atoms with E-state index in [4.69, 9.17) is 4.74 Å². The van der Waals surface area contributed by atoms with Gasteiger partial charge in [0.25, 0.3) is 5.91 Å². The molecule has 8 nitrogen and oxygen atoms in total. The van der Waals surface area contributed by atoms with Crippen molar-refractivity contribution in [2.45, 2.75) is 25.6 Å². The summed E-state index contributed by atoms with van der Waals surface area (Å²) in [7, 11) is 0. The maximum Gasteiger partial charge on any atom is 0.433 e. The van der Waals surface area contributed by atoms with Crippen molar-refractivity contribution in [2.75, 3.05) is 0 Å². The number of fused-ring (bicyclic) bond motifs is 1. The van der Waals surface area contributed by atoms with Crippen LogP contribution in [0.5, 0.6) is 11.5 Å². The number of nitrogens with zero attached hydrogens (tertiary/aromatic N) is 3. The fourth-order valence-electron chi connectivity index (χ4n) is 3.21. The molecule has 0 fully saturated rings. The Bertz CT molecular complexity index is 1450. The summed E-state index contributed by atoms with van der Waals surface area (Å²) in [5.41, 5.74) is -3.40. The van der Waals surface area contributed by atoms with Crippen molar-refractivity contribution in [3.05, 3.63) is 77.9 Å². The number of aromatic nitrogens is 3. The third-order valence-corrected chi connectivity index (χ3v) is 5.17. The number of benzene rings is 2. The Morgan fingerprint density at radius 2 is 1.58 bits per heavy atom. The van der Waals surface area contributed by atoms with Crippen molar-refractivity contribution < 1.29 is 37.0 Å². The number of carbonyl (C=O) groups is 2. The highest BCUT2D eigenvalue weighted by molar-refractivity contribution is 6.02. The Balaban J connectivity index is 1.73. The van der Waals surface area contributed by atoms with Crippen molar-refractivity contribution in [3.63, 3.8) is 0 Å². The summed E-state index contributed by atoms with van der Waals surface area (Å²) in [4.78, 5) is 28.3. The molecule has 0 radical (unpaired) electrons. The molecular formula is C24H18F4N4O4. The predicted octanol–water partition coefficient (Wildman–Crippen LogP) is 4.94. The van der Waals surface area contributed by atoms with Gasteiger partial charge in [-0.05, 0) is 68.4 Å². The molecule has 4 aromatic rings. The molecule has 0 aliphatic carbocycles. The molecular weight excluding hydrogens is 484 g/mol. The number of carboxylic acid groups (broad SMARTS) is 1. The van der Waals surface area contributed by atoms with Crippen molar-refractivity contribution in [3.8, 4) is 22.8 Å². The van der Waals surface area contributed by atoms with Crippen LogP contribution in [0.4, 0.5) is 17.6 Å². The van der Waals surface area contributed by atoms with Gasteiger partial charge in [0.15, 0.2) is 11.3 Å². The first-order valence-electron chi connectivity index (χ1n) is 10.4. The number of ether oxygens (including phenoxy) is 1. The van der Waals surface area contributed by atoms with E-state index in [2.05, 4.69) is 15.4 Å². The maximum atomic E-state index is 13.8. The highest BCUT2D eigenvalue weighted by atomic mass is 19.4. The number of carbonyl (C=O) groups excluding carboxylic acids is 1. The average Bonchev–Trinajstić information content (AvgIpc) is 3.23. The predicted molar refractivity (Wildman–Crippen MR) is 119 cm³/mol. The van der Waals surface area contributed by atoms with Gasteiger partial charge in [0.1, 0.15) is 28.4 Å². The van der Waals surface area contributed by atoms with Gasteiger partial charge in [-0.15, -0.1) is 0 Å². The second-order valence-corrected chi connectivity index (χ2v) is 8.28. The normalized spacial score (nSPS) is 11.9. The number of carboxylic acids is 1. The number of amides is 1. The molecule has 2 aromatic carbocycles. The highest BCUT2D eigenvalue weighted by Gasteiger charge is 2.37. The van der Waals surface area contributed by atoms with Gasteiger partial charge in [-0.1, -0.05) is 0 Å². The molecule has 0 bridgehead atoms. The lowest BCUT2D eigenvalue weighted by Gasteiger charge is -2.20. The molecule has 0 saturated carbocycles. The van der Waals surface area contributed by atoms with E-state index in [1.165, 1.54) is 62.4 Å². The van der Waals surface area contributed by atoms with Crippen LogP contribution in [0.2, 0.25) is 0 Å². The van der Waals surface area contributed by atoms with Gasteiger partial charge in [0.2, 0.25) is 0 Å². The van der Waals surface area contributed by atoms with Crippen molar-refractivity contribution in [1.82, 2.24) is 19.9 Å². The number of hydrogen-bond donors (Lipinski definition) is 2. The van der Waals surface area contributed by atoms with Crippen LogP contribution in [0.3, 0.4) is 0 Å². The van der Waals surface area contributed by atoms with Gasteiger partial charge >= 0.3 is 12.1 Å². The maximum absolute atomic E-state index is 13.8. The first-order chi connectivity index (χ1) is 16.8. The molecule has 1 amide bonds. The molecule has 0 spiro atoms. The van der Waals surface area contributed by atoms with Crippen LogP contribution < -0.4 is 10.1 Å². The van der Waals surface area contributed by atoms with E-state index in [9.17, 15) is 32.3 Å². The van der Waals surface area contributed by atoms with Crippen LogP contribution in [0.1, 0.15) is 29.9 Å². The van der Waals surface area contributed by atoms with Crippen LogP contribution in [0, 0.1) is 5.82 Å². The van der Waals surface area contributed by atoms with Gasteiger partial charge in [-0.3, -0.25) is 4.79 Å². The zero-order chi connectivity index (χ0) is 26.3. The third kappa shape index (κ3) is 4.97. The molecule has 0 saturated heterocycles. The summed E-state index contributed by atoms with van der Waals surface area (Å²) in [5.74, 6) is -2.00. The van der Waals surface area contributed by atoms with Crippen molar-refractivity contribution >= 4 is 17.5 Å². The third-order valence-electron chi connectivity index (χ3n) is 5.17. The van der Waals surface area contributed by atoms with Gasteiger partial charge in [-0.25, -0.2) is 18.7 Å². The molecule has 186 valence electrons. The standard InChI is InChI=1S/C24H18F4N4O4/c1-23(2,22(34)35)31-21(33)17-12-29-32-19(24(26,27)28)11-18(30-20(17)32)13-3-7-15(8-4-13)36-16-9-5-14(25)6-10-16/h3-12H,1-2H3,(H,31,33)(H,34,35). The van der Waals surface area contributed by atoms with Crippen molar-refractivity contribution in [1.29, 1.82) is 0 Å². The summed E-state index contributed by atoms with van der Waals surface area (Å²) in [6.45, 7) is 2.46. The molecule has 0 atom stereocenters. The summed E-state index contributed by atoms with van der Waals surface area (Å²) in [6.07, 6.45) is -3.93. The lowest BCUT2D eigenvalue weighted by Crippen LogP contribution is -2.49. The molecule has 4 rings (SSSR count). The molecule has 0 unspecified atom stereocenters. The van der Waals surface area contributed by atoms with E-state index < -0.39 is 40.8 Å². The Morgan fingerprint density at radius 3 is 2.14 bits per heavy atom. The molecule has 2 aromatic heterocycles.